The predicted octanol–water partition coefficient (Wildman–Crippen LogP) is 2.63. The van der Waals surface area contributed by atoms with Crippen LogP contribution >= 0.6 is 0 Å². The molecule has 0 unspecified atom stereocenters. The van der Waals surface area contributed by atoms with Gasteiger partial charge in [-0.3, -0.25) is 9.59 Å². The highest BCUT2D eigenvalue weighted by Gasteiger charge is 2.39. The third-order valence-corrected chi connectivity index (χ3v) is 3.56. The lowest BCUT2D eigenvalue weighted by Crippen LogP contribution is -2.32. The molecule has 3 rings (SSSR count). The van der Waals surface area contributed by atoms with Crippen LogP contribution in [0.1, 0.15) is 36.6 Å². The van der Waals surface area contributed by atoms with Gasteiger partial charge in [-0.25, -0.2) is 14.1 Å². The van der Waals surface area contributed by atoms with Crippen LogP contribution in [0, 0.1) is 12.7 Å². The van der Waals surface area contributed by atoms with Gasteiger partial charge in [0, 0.05) is 0 Å². The van der Waals surface area contributed by atoms with Gasteiger partial charge in [0.15, 0.2) is 0 Å². The van der Waals surface area contributed by atoms with Crippen molar-refractivity contribution in [3.63, 3.8) is 0 Å². The first kappa shape index (κ1) is 13.9. The zero-order valence-corrected chi connectivity index (χ0v) is 11.5. The fraction of sp³-hybridized carbons (Fsp3) is 0.0625. The molecule has 1 heterocycles. The van der Waals surface area contributed by atoms with E-state index in [9.17, 15) is 23.9 Å². The summed E-state index contributed by atoms with van der Waals surface area (Å²) in [4.78, 5) is 36.9. The fourth-order valence-corrected chi connectivity index (χ4v) is 2.55. The van der Waals surface area contributed by atoms with E-state index in [1.54, 1.807) is 12.1 Å². The van der Waals surface area contributed by atoms with Crippen molar-refractivity contribution in [2.24, 2.45) is 0 Å². The molecule has 0 radical (unpaired) electrons. The van der Waals surface area contributed by atoms with Crippen molar-refractivity contribution in [1.29, 1.82) is 0 Å². The molecule has 0 saturated heterocycles. The molecule has 5 nitrogen and oxygen atoms in total. The van der Waals surface area contributed by atoms with E-state index >= 15 is 0 Å². The third kappa shape index (κ3) is 1.81. The van der Waals surface area contributed by atoms with Gasteiger partial charge in [-0.05, 0) is 30.7 Å². The van der Waals surface area contributed by atoms with Crippen LogP contribution in [0.3, 0.4) is 0 Å². The third-order valence-electron chi connectivity index (χ3n) is 3.56. The Bertz CT molecular complexity index is 809. The maximum Gasteiger partial charge on any atom is 0.340 e. The molecule has 0 bridgehead atoms. The Morgan fingerprint density at radius 2 is 1.59 bits per heavy atom. The van der Waals surface area contributed by atoms with E-state index in [4.69, 9.17) is 0 Å². The van der Waals surface area contributed by atoms with E-state index in [-0.39, 0.29) is 16.8 Å². The van der Waals surface area contributed by atoms with Crippen LogP contribution in [0.15, 0.2) is 36.4 Å². The number of carbonyl (C=O) groups excluding carboxylic acids is 2. The molecular weight excluding hydrogens is 289 g/mol. The number of benzene rings is 2. The Balaban J connectivity index is 2.27. The summed E-state index contributed by atoms with van der Waals surface area (Å²) in [6.45, 7) is 1.52. The number of halogens is 1. The molecule has 0 spiro atoms. The molecule has 1 aliphatic heterocycles. The molecule has 0 fully saturated rings. The molecule has 1 aliphatic rings. The van der Waals surface area contributed by atoms with Crippen LogP contribution in [0.2, 0.25) is 0 Å². The number of hydrogen-bond acceptors (Lipinski definition) is 3. The number of aromatic carboxylic acids is 1. The number of amides is 2. The first-order chi connectivity index (χ1) is 10.4. The van der Waals surface area contributed by atoms with E-state index in [1.807, 2.05) is 0 Å². The maximum atomic E-state index is 13.9. The van der Waals surface area contributed by atoms with Gasteiger partial charge in [-0.1, -0.05) is 18.2 Å². The SMILES string of the molecule is Cc1ccc(F)c(C(=O)O)c1N1C(=O)c2ccccc2C1=O. The van der Waals surface area contributed by atoms with Crippen LogP contribution < -0.4 is 4.90 Å². The fourth-order valence-electron chi connectivity index (χ4n) is 2.55. The van der Waals surface area contributed by atoms with Crippen LogP contribution in [-0.4, -0.2) is 22.9 Å². The summed E-state index contributed by atoms with van der Waals surface area (Å²) in [5, 5.41) is 9.23. The van der Waals surface area contributed by atoms with E-state index in [0.29, 0.717) is 5.56 Å². The lowest BCUT2D eigenvalue weighted by molar-refractivity contribution is 0.0693. The van der Waals surface area contributed by atoms with Gasteiger partial charge in [0.2, 0.25) is 0 Å². The van der Waals surface area contributed by atoms with E-state index in [2.05, 4.69) is 0 Å². The average Bonchev–Trinajstić information content (AvgIpc) is 2.73. The minimum Gasteiger partial charge on any atom is -0.478 e. The number of carboxylic acids is 1. The second-order valence-electron chi connectivity index (χ2n) is 4.88. The van der Waals surface area contributed by atoms with Crippen molar-refractivity contribution in [1.82, 2.24) is 0 Å². The number of aryl methyl sites for hydroxylation is 1. The molecule has 0 aliphatic carbocycles. The van der Waals surface area contributed by atoms with Crippen molar-refractivity contribution >= 4 is 23.5 Å². The van der Waals surface area contributed by atoms with Crippen LogP contribution in [0.5, 0.6) is 0 Å². The summed E-state index contributed by atoms with van der Waals surface area (Å²) in [6.07, 6.45) is 0. The van der Waals surface area contributed by atoms with E-state index < -0.39 is 29.2 Å². The normalized spacial score (nSPS) is 13.5. The first-order valence-electron chi connectivity index (χ1n) is 6.43. The lowest BCUT2D eigenvalue weighted by Gasteiger charge is -2.19. The number of carboxylic acid groups (broad SMARTS) is 1. The summed E-state index contributed by atoms with van der Waals surface area (Å²) in [7, 11) is 0. The number of rotatable bonds is 2. The zero-order valence-electron chi connectivity index (χ0n) is 11.5. The molecule has 110 valence electrons. The zero-order chi connectivity index (χ0) is 16.0. The van der Waals surface area contributed by atoms with Crippen molar-refractivity contribution in [3.05, 3.63) is 64.5 Å². The van der Waals surface area contributed by atoms with Gasteiger partial charge in [0.25, 0.3) is 11.8 Å². The van der Waals surface area contributed by atoms with E-state index in [1.165, 1.54) is 25.1 Å². The molecule has 0 atom stereocenters. The molecular formula is C16H10FNO4. The number of carbonyl (C=O) groups is 3. The highest BCUT2D eigenvalue weighted by atomic mass is 19.1. The summed E-state index contributed by atoms with van der Waals surface area (Å²) >= 11 is 0. The number of nitrogens with zero attached hydrogens (tertiary/aromatic N) is 1. The molecule has 0 aromatic heterocycles. The van der Waals surface area contributed by atoms with Gasteiger partial charge >= 0.3 is 5.97 Å². The minimum atomic E-state index is -1.53. The van der Waals surface area contributed by atoms with Crippen LogP contribution in [0.4, 0.5) is 10.1 Å². The molecule has 0 saturated carbocycles. The van der Waals surface area contributed by atoms with Crippen molar-refractivity contribution in [2.75, 3.05) is 4.90 Å². The predicted molar refractivity (Wildman–Crippen MR) is 75.7 cm³/mol. The van der Waals surface area contributed by atoms with E-state index in [0.717, 1.165) is 11.0 Å². The number of anilines is 1. The monoisotopic (exact) mass is 299 g/mol. The minimum absolute atomic E-state index is 0.174. The van der Waals surface area contributed by atoms with Gasteiger partial charge in [-0.15, -0.1) is 0 Å². The number of fused-ring (bicyclic) bond motifs is 1. The first-order valence-corrected chi connectivity index (χ1v) is 6.43. The number of hydrogen-bond donors (Lipinski definition) is 1. The van der Waals surface area contributed by atoms with Gasteiger partial charge in [-0.2, -0.15) is 0 Å². The average molecular weight is 299 g/mol. The Morgan fingerprint density at radius 1 is 1.05 bits per heavy atom. The van der Waals surface area contributed by atoms with Gasteiger partial charge in [0.1, 0.15) is 11.4 Å². The molecule has 1 N–H and O–H groups in total. The van der Waals surface area contributed by atoms with Crippen molar-refractivity contribution in [3.8, 4) is 0 Å². The van der Waals surface area contributed by atoms with Crippen molar-refractivity contribution in [2.45, 2.75) is 6.92 Å². The summed E-state index contributed by atoms with van der Waals surface area (Å²) < 4.78 is 13.9. The second kappa shape index (κ2) is 4.77. The highest BCUT2D eigenvalue weighted by molar-refractivity contribution is 6.35. The molecule has 2 amide bonds. The van der Waals surface area contributed by atoms with Gasteiger partial charge in [0.05, 0.1) is 16.8 Å². The molecule has 6 heteroatoms. The topological polar surface area (TPSA) is 74.7 Å². The molecule has 2 aromatic rings. The Kier molecular flexibility index (Phi) is 3.02. The quantitative estimate of drug-likeness (QED) is 0.865. The molecule has 22 heavy (non-hydrogen) atoms. The lowest BCUT2D eigenvalue weighted by atomic mass is 10.1. The maximum absolute atomic E-state index is 13.9. The highest BCUT2D eigenvalue weighted by Crippen LogP contribution is 2.34. The summed E-state index contributed by atoms with van der Waals surface area (Å²) in [6, 6.07) is 8.49. The number of imide groups is 1. The Morgan fingerprint density at radius 3 is 2.09 bits per heavy atom. The summed E-state index contributed by atoms with van der Waals surface area (Å²) in [5.41, 5.74) is -0.235. The van der Waals surface area contributed by atoms with Crippen LogP contribution in [0.25, 0.3) is 0 Å². The smallest absolute Gasteiger partial charge is 0.340 e. The van der Waals surface area contributed by atoms with Crippen LogP contribution in [-0.2, 0) is 0 Å². The standard InChI is InChI=1S/C16H10FNO4/c1-8-6-7-11(17)12(16(21)22)13(8)18-14(19)9-4-2-3-5-10(9)15(18)20/h2-7H,1H3,(H,21,22). The molecule has 2 aromatic carbocycles. The largest absolute Gasteiger partial charge is 0.478 e. The second-order valence-corrected chi connectivity index (χ2v) is 4.88. The Labute approximate surface area is 124 Å². The van der Waals surface area contributed by atoms with Crippen molar-refractivity contribution < 1.29 is 23.9 Å². The Hall–Kier alpha value is -3.02. The summed E-state index contributed by atoms with van der Waals surface area (Å²) in [5.74, 6) is -3.84. The van der Waals surface area contributed by atoms with Gasteiger partial charge < -0.3 is 5.11 Å².